The molecule has 0 spiro atoms. The molecule has 0 N–H and O–H groups in total. The summed E-state index contributed by atoms with van der Waals surface area (Å²) in [7, 11) is -0.309. The largest absolute Gasteiger partial charge is 0.481 e. The minimum Gasteiger partial charge on any atom is -0.481 e. The van der Waals surface area contributed by atoms with E-state index in [1.807, 2.05) is 50.2 Å². The lowest BCUT2D eigenvalue weighted by molar-refractivity contribution is -0.159. The number of thioether (sulfide) groups is 1. The van der Waals surface area contributed by atoms with Gasteiger partial charge in [-0.25, -0.2) is 4.79 Å². The molecule has 0 aromatic heterocycles. The molecule has 4 aromatic rings. The number of aryl methyl sites for hydroxylation is 2. The summed E-state index contributed by atoms with van der Waals surface area (Å²) in [5.74, 6) is 0.0478. The molecule has 0 unspecified atom stereocenters. The Balaban J connectivity index is 1.47. The molecule has 0 aliphatic rings. The molecule has 0 bridgehead atoms. The van der Waals surface area contributed by atoms with E-state index in [0.717, 1.165) is 16.0 Å². The Morgan fingerprint density at radius 1 is 0.775 bits per heavy atom. The van der Waals surface area contributed by atoms with Gasteiger partial charge in [-0.2, -0.15) is 13.2 Å². The molecule has 3 nitrogen and oxygen atoms in total. The molecule has 0 aliphatic carbocycles. The molecule has 0 atom stereocenters. The van der Waals surface area contributed by atoms with Crippen LogP contribution in [-0.2, 0) is 26.0 Å². The molecule has 0 heterocycles. The summed E-state index contributed by atoms with van der Waals surface area (Å²) in [4.78, 5) is 16.4. The topological polar surface area (TPSA) is 35.5 Å². The van der Waals surface area contributed by atoms with Crippen molar-refractivity contribution in [2.24, 2.45) is 0 Å². The van der Waals surface area contributed by atoms with Gasteiger partial charge in [0, 0.05) is 17.0 Å². The number of rotatable bonds is 9. The van der Waals surface area contributed by atoms with E-state index in [-0.39, 0.29) is 34.2 Å². The van der Waals surface area contributed by atoms with Crippen molar-refractivity contribution in [3.8, 4) is 5.75 Å². The van der Waals surface area contributed by atoms with E-state index < -0.39 is 17.1 Å². The molecule has 0 saturated heterocycles. The smallest absolute Gasteiger partial charge is 0.446 e. The number of esters is 1. The summed E-state index contributed by atoms with van der Waals surface area (Å²) in [6.45, 7) is 7.00. The van der Waals surface area contributed by atoms with E-state index in [2.05, 4.69) is 36.4 Å². The van der Waals surface area contributed by atoms with Crippen LogP contribution in [0, 0.1) is 13.8 Å². The summed E-state index contributed by atoms with van der Waals surface area (Å²) >= 11 is -0.185. The molecule has 0 saturated carbocycles. The lowest BCUT2D eigenvalue weighted by Gasteiger charge is -2.26. The number of alkyl halides is 3. The Hall–Kier alpha value is -3.36. The van der Waals surface area contributed by atoms with Crippen molar-refractivity contribution in [2.45, 2.75) is 58.4 Å². The number of carbonyl (C=O) groups excluding carboxylic acids is 1. The highest BCUT2D eigenvalue weighted by Crippen LogP contribution is 2.38. The van der Waals surface area contributed by atoms with E-state index in [4.69, 9.17) is 9.47 Å². The van der Waals surface area contributed by atoms with Crippen molar-refractivity contribution in [2.75, 3.05) is 6.61 Å². The summed E-state index contributed by atoms with van der Waals surface area (Å²) in [5, 5.41) is 0. The zero-order valence-electron chi connectivity index (χ0n) is 22.6. The van der Waals surface area contributed by atoms with Crippen molar-refractivity contribution >= 4 is 28.6 Å². The molecule has 8 heteroatoms. The van der Waals surface area contributed by atoms with Gasteiger partial charge in [-0.3, -0.25) is 0 Å². The minimum absolute atomic E-state index is 0.0680. The number of hydrogen-bond acceptors (Lipinski definition) is 4. The predicted octanol–water partition coefficient (Wildman–Crippen LogP) is 8.87. The van der Waals surface area contributed by atoms with Crippen molar-refractivity contribution in [1.82, 2.24) is 0 Å². The molecule has 40 heavy (non-hydrogen) atoms. The standard InChI is InChI=1S/C32H30F3O3S2/c1-22-19-28(40(26-11-7-5-8-12-26)27-13-9-6-10-14-27)20-23(2)30(22)37-21-29(36)38-31(3,4)24-15-17-25(18-16-24)39-32(33,34)35/h5-20H,21H2,1-4H3/q+1. The quantitative estimate of drug-likeness (QED) is 0.112. The lowest BCUT2D eigenvalue weighted by atomic mass is 9.98. The SMILES string of the molecule is Cc1cc([S+](c2ccccc2)c2ccccc2)cc(C)c1OCC(=O)OC(C)(C)c1ccc(SC(F)(F)F)cc1. The van der Waals surface area contributed by atoms with Crippen LogP contribution in [0.4, 0.5) is 13.2 Å². The zero-order valence-corrected chi connectivity index (χ0v) is 24.3. The van der Waals surface area contributed by atoms with Gasteiger partial charge in [0.2, 0.25) is 0 Å². The minimum atomic E-state index is -4.36. The molecule has 4 aromatic carbocycles. The summed E-state index contributed by atoms with van der Waals surface area (Å²) in [6.07, 6.45) is 0. The van der Waals surface area contributed by atoms with Crippen LogP contribution in [0.15, 0.2) is 117 Å². The molecular formula is C32H30F3O3S2+. The number of hydrogen-bond donors (Lipinski definition) is 0. The van der Waals surface area contributed by atoms with Gasteiger partial charge in [-0.15, -0.1) is 0 Å². The zero-order chi connectivity index (χ0) is 28.9. The Morgan fingerprint density at radius 3 is 1.75 bits per heavy atom. The van der Waals surface area contributed by atoms with Crippen LogP contribution in [0.5, 0.6) is 5.75 Å². The van der Waals surface area contributed by atoms with Crippen LogP contribution < -0.4 is 4.74 Å². The summed E-state index contributed by atoms with van der Waals surface area (Å²) in [6, 6.07) is 30.7. The second kappa shape index (κ2) is 12.4. The fraction of sp³-hybridized carbons (Fsp3) is 0.219. The van der Waals surface area contributed by atoms with E-state index in [0.29, 0.717) is 11.3 Å². The highest BCUT2D eigenvalue weighted by Gasteiger charge is 2.31. The van der Waals surface area contributed by atoms with Crippen LogP contribution in [-0.4, -0.2) is 18.1 Å². The van der Waals surface area contributed by atoms with E-state index >= 15 is 0 Å². The van der Waals surface area contributed by atoms with E-state index in [1.165, 1.54) is 34.1 Å². The fourth-order valence-electron chi connectivity index (χ4n) is 4.34. The van der Waals surface area contributed by atoms with E-state index in [1.54, 1.807) is 13.8 Å². The third-order valence-electron chi connectivity index (χ3n) is 6.11. The maximum absolute atomic E-state index is 12.7. The monoisotopic (exact) mass is 583 g/mol. The predicted molar refractivity (Wildman–Crippen MR) is 154 cm³/mol. The molecule has 0 amide bonds. The number of ether oxygens (including phenoxy) is 2. The van der Waals surface area contributed by atoms with Crippen LogP contribution in [0.25, 0.3) is 0 Å². The third kappa shape index (κ3) is 7.64. The number of benzene rings is 4. The van der Waals surface area contributed by atoms with Crippen LogP contribution >= 0.6 is 11.8 Å². The van der Waals surface area contributed by atoms with Gasteiger partial charge in [0.1, 0.15) is 11.4 Å². The average Bonchev–Trinajstić information content (AvgIpc) is 2.89. The number of carbonyl (C=O) groups is 1. The first-order valence-electron chi connectivity index (χ1n) is 12.6. The van der Waals surface area contributed by atoms with Crippen LogP contribution in [0.2, 0.25) is 0 Å². The molecule has 0 fully saturated rings. The Kier molecular flexibility index (Phi) is 9.21. The molecule has 0 aliphatic heterocycles. The first-order chi connectivity index (χ1) is 18.9. The second-order valence-electron chi connectivity index (χ2n) is 9.66. The highest BCUT2D eigenvalue weighted by molar-refractivity contribution is 8.00. The first-order valence-corrected chi connectivity index (χ1v) is 14.6. The van der Waals surface area contributed by atoms with Gasteiger partial charge < -0.3 is 9.47 Å². The van der Waals surface area contributed by atoms with Crippen molar-refractivity contribution in [1.29, 1.82) is 0 Å². The third-order valence-corrected chi connectivity index (χ3v) is 9.05. The molecule has 4 rings (SSSR count). The van der Waals surface area contributed by atoms with E-state index in [9.17, 15) is 18.0 Å². The van der Waals surface area contributed by atoms with Crippen molar-refractivity contribution in [3.63, 3.8) is 0 Å². The van der Waals surface area contributed by atoms with Gasteiger partial charge in [0.15, 0.2) is 21.3 Å². The maximum Gasteiger partial charge on any atom is 0.446 e. The maximum atomic E-state index is 12.7. The van der Waals surface area contributed by atoms with Crippen molar-refractivity contribution < 1.29 is 27.4 Å². The fourth-order valence-corrected chi connectivity index (χ4v) is 7.14. The van der Waals surface area contributed by atoms with Gasteiger partial charge in [-0.1, -0.05) is 48.5 Å². The Morgan fingerprint density at radius 2 is 1.27 bits per heavy atom. The molecular weight excluding hydrogens is 553 g/mol. The van der Waals surface area contributed by atoms with Crippen LogP contribution in [0.3, 0.4) is 0 Å². The summed E-state index contributed by atoms with van der Waals surface area (Å²) < 4.78 is 49.5. The van der Waals surface area contributed by atoms with Gasteiger partial charge in [0.25, 0.3) is 0 Å². The average molecular weight is 584 g/mol. The van der Waals surface area contributed by atoms with Gasteiger partial charge in [-0.05, 0) is 92.5 Å². The number of halogens is 3. The first kappa shape index (κ1) is 29.6. The Labute approximate surface area is 240 Å². The van der Waals surface area contributed by atoms with Gasteiger partial charge in [0.05, 0.1) is 10.9 Å². The van der Waals surface area contributed by atoms with Gasteiger partial charge >= 0.3 is 11.5 Å². The van der Waals surface area contributed by atoms with Crippen LogP contribution in [0.1, 0.15) is 30.5 Å². The Bertz CT molecular complexity index is 1380. The second-order valence-corrected chi connectivity index (χ2v) is 12.8. The molecule has 0 radical (unpaired) electrons. The summed E-state index contributed by atoms with van der Waals surface area (Å²) in [5.41, 5.74) is -3.01. The highest BCUT2D eigenvalue weighted by atomic mass is 32.2. The van der Waals surface area contributed by atoms with Crippen molar-refractivity contribution in [3.05, 3.63) is 114 Å². The molecule has 208 valence electrons. The normalized spacial score (nSPS) is 11.9. The lowest BCUT2D eigenvalue weighted by Crippen LogP contribution is -2.28.